The Balaban J connectivity index is 2.26. The number of nitrogens with zero attached hydrogens (tertiary/aromatic N) is 2. The van der Waals surface area contributed by atoms with Crippen LogP contribution < -0.4 is 20.8 Å². The van der Waals surface area contributed by atoms with Crippen LogP contribution in [0.2, 0.25) is 0 Å². The monoisotopic (exact) mass is 289 g/mol. The topological polar surface area (TPSA) is 79.4 Å². The van der Waals surface area contributed by atoms with Gasteiger partial charge in [0.1, 0.15) is 0 Å². The van der Waals surface area contributed by atoms with E-state index in [1.807, 2.05) is 19.1 Å². The van der Waals surface area contributed by atoms with Crippen LogP contribution in [0.5, 0.6) is 11.5 Å². The second-order valence-corrected chi connectivity index (χ2v) is 4.72. The maximum atomic E-state index is 11.8. The van der Waals surface area contributed by atoms with E-state index in [1.54, 1.807) is 26.4 Å². The van der Waals surface area contributed by atoms with E-state index < -0.39 is 0 Å². The molecule has 21 heavy (non-hydrogen) atoms. The minimum absolute atomic E-state index is 0.170. The molecule has 0 aliphatic rings. The minimum atomic E-state index is -0.364. The van der Waals surface area contributed by atoms with Crippen LogP contribution in [0.15, 0.2) is 35.1 Å². The molecule has 1 aromatic heterocycles. The largest absolute Gasteiger partial charge is 0.493 e. The quantitative estimate of drug-likeness (QED) is 0.896. The Kier molecular flexibility index (Phi) is 4.59. The molecule has 1 unspecified atom stereocenters. The molecule has 0 saturated carbocycles. The van der Waals surface area contributed by atoms with E-state index >= 15 is 0 Å². The van der Waals surface area contributed by atoms with Gasteiger partial charge in [0.05, 0.1) is 26.5 Å². The number of rotatable bonds is 5. The third-order valence-corrected chi connectivity index (χ3v) is 3.21. The van der Waals surface area contributed by atoms with Gasteiger partial charge in [-0.2, -0.15) is 5.10 Å². The number of benzene rings is 1. The van der Waals surface area contributed by atoms with Gasteiger partial charge >= 0.3 is 0 Å². The second kappa shape index (κ2) is 6.41. The lowest BCUT2D eigenvalue weighted by Crippen LogP contribution is -2.28. The Labute approximate surface area is 123 Å². The summed E-state index contributed by atoms with van der Waals surface area (Å²) >= 11 is 0. The van der Waals surface area contributed by atoms with Crippen molar-refractivity contribution in [2.24, 2.45) is 5.73 Å². The highest BCUT2D eigenvalue weighted by atomic mass is 16.5. The summed E-state index contributed by atoms with van der Waals surface area (Å²) in [6.45, 7) is 2.13. The van der Waals surface area contributed by atoms with E-state index in [9.17, 15) is 4.79 Å². The van der Waals surface area contributed by atoms with Gasteiger partial charge in [0.15, 0.2) is 11.5 Å². The summed E-state index contributed by atoms with van der Waals surface area (Å²) in [6, 6.07) is 8.26. The molecular formula is C15H19N3O3. The Hall–Kier alpha value is -2.34. The molecule has 1 atom stereocenters. The molecule has 0 amide bonds. The molecule has 6 heteroatoms. The molecule has 2 N–H and O–H groups in total. The first-order valence-electron chi connectivity index (χ1n) is 6.57. The van der Waals surface area contributed by atoms with Crippen LogP contribution in [0.25, 0.3) is 0 Å². The lowest BCUT2D eigenvalue weighted by molar-refractivity contribution is 0.354. The molecule has 1 heterocycles. The number of aromatic nitrogens is 2. The summed E-state index contributed by atoms with van der Waals surface area (Å²) in [4.78, 5) is 11.8. The molecule has 1 aromatic carbocycles. The summed E-state index contributed by atoms with van der Waals surface area (Å²) in [5.41, 5.74) is 7.62. The number of hydrogen-bond acceptors (Lipinski definition) is 5. The highest BCUT2D eigenvalue weighted by molar-refractivity contribution is 5.43. The van der Waals surface area contributed by atoms with Crippen molar-refractivity contribution in [1.29, 1.82) is 0 Å². The van der Waals surface area contributed by atoms with E-state index in [0.29, 0.717) is 18.0 Å². The van der Waals surface area contributed by atoms with Gasteiger partial charge in [0, 0.05) is 12.1 Å². The molecule has 0 bridgehead atoms. The standard InChI is InChI=1S/C15H19N3O3/c1-10-4-7-15(19)18(17-10)9-12(16)11-5-6-13(20-2)14(8-11)21-3/h4-8,12H,9,16H2,1-3H3. The number of ether oxygens (including phenoxy) is 2. The normalized spacial score (nSPS) is 12.0. The maximum absolute atomic E-state index is 11.8. The molecule has 112 valence electrons. The minimum Gasteiger partial charge on any atom is -0.493 e. The van der Waals surface area contributed by atoms with Crippen molar-refractivity contribution in [1.82, 2.24) is 9.78 Å². The molecule has 0 aliphatic heterocycles. The molecular weight excluding hydrogens is 270 g/mol. The van der Waals surface area contributed by atoms with Crippen LogP contribution in [0.1, 0.15) is 17.3 Å². The van der Waals surface area contributed by atoms with E-state index in [2.05, 4.69) is 5.10 Å². The lowest BCUT2D eigenvalue weighted by atomic mass is 10.1. The zero-order chi connectivity index (χ0) is 15.4. The fourth-order valence-corrected chi connectivity index (χ4v) is 2.06. The van der Waals surface area contributed by atoms with Gasteiger partial charge in [-0.25, -0.2) is 4.68 Å². The smallest absolute Gasteiger partial charge is 0.266 e. The predicted octanol–water partition coefficient (Wildman–Crippen LogP) is 1.27. The summed E-state index contributed by atoms with van der Waals surface area (Å²) in [5, 5.41) is 4.18. The average Bonchev–Trinajstić information content (AvgIpc) is 2.50. The van der Waals surface area contributed by atoms with Gasteiger partial charge < -0.3 is 15.2 Å². The summed E-state index contributed by atoms with van der Waals surface area (Å²) in [7, 11) is 3.15. The Morgan fingerprint density at radius 1 is 1.19 bits per heavy atom. The van der Waals surface area contributed by atoms with Crippen LogP contribution in [0.4, 0.5) is 0 Å². The Morgan fingerprint density at radius 3 is 2.57 bits per heavy atom. The zero-order valence-electron chi connectivity index (χ0n) is 12.4. The molecule has 2 aromatic rings. The van der Waals surface area contributed by atoms with Gasteiger partial charge in [-0.05, 0) is 30.7 Å². The van der Waals surface area contributed by atoms with E-state index in [0.717, 1.165) is 11.3 Å². The van der Waals surface area contributed by atoms with E-state index in [-0.39, 0.29) is 11.6 Å². The fourth-order valence-electron chi connectivity index (χ4n) is 2.06. The third-order valence-electron chi connectivity index (χ3n) is 3.21. The molecule has 0 fully saturated rings. The van der Waals surface area contributed by atoms with E-state index in [4.69, 9.17) is 15.2 Å². The van der Waals surface area contributed by atoms with Gasteiger partial charge in [-0.15, -0.1) is 0 Å². The van der Waals surface area contributed by atoms with Crippen LogP contribution in [0, 0.1) is 6.92 Å². The van der Waals surface area contributed by atoms with E-state index in [1.165, 1.54) is 10.7 Å². The highest BCUT2D eigenvalue weighted by Crippen LogP contribution is 2.29. The van der Waals surface area contributed by atoms with Crippen LogP contribution in [-0.2, 0) is 6.54 Å². The van der Waals surface area contributed by atoms with Crippen molar-refractivity contribution < 1.29 is 9.47 Å². The highest BCUT2D eigenvalue weighted by Gasteiger charge is 2.12. The zero-order valence-corrected chi connectivity index (χ0v) is 12.4. The molecule has 0 radical (unpaired) electrons. The number of aryl methyl sites for hydroxylation is 1. The maximum Gasteiger partial charge on any atom is 0.266 e. The number of methoxy groups -OCH3 is 2. The van der Waals surface area contributed by atoms with Crippen molar-refractivity contribution in [3.63, 3.8) is 0 Å². The van der Waals surface area contributed by atoms with Crippen LogP contribution in [0.3, 0.4) is 0 Å². The van der Waals surface area contributed by atoms with Crippen molar-refractivity contribution in [3.8, 4) is 11.5 Å². The first-order chi connectivity index (χ1) is 10.0. The van der Waals surface area contributed by atoms with Crippen molar-refractivity contribution >= 4 is 0 Å². The Morgan fingerprint density at radius 2 is 1.90 bits per heavy atom. The predicted molar refractivity (Wildman–Crippen MR) is 79.7 cm³/mol. The summed E-state index contributed by atoms with van der Waals surface area (Å²) in [6.07, 6.45) is 0. The molecule has 0 aliphatic carbocycles. The van der Waals surface area contributed by atoms with Gasteiger partial charge in [0.2, 0.25) is 0 Å². The summed E-state index contributed by atoms with van der Waals surface area (Å²) in [5.74, 6) is 1.24. The first-order valence-corrected chi connectivity index (χ1v) is 6.57. The van der Waals surface area contributed by atoms with Gasteiger partial charge in [0.25, 0.3) is 5.56 Å². The van der Waals surface area contributed by atoms with Gasteiger partial charge in [-0.1, -0.05) is 6.07 Å². The van der Waals surface area contributed by atoms with Gasteiger partial charge in [-0.3, -0.25) is 4.79 Å². The third kappa shape index (κ3) is 3.41. The van der Waals surface area contributed by atoms with Crippen molar-refractivity contribution in [3.05, 3.63) is 51.9 Å². The van der Waals surface area contributed by atoms with Crippen LogP contribution >= 0.6 is 0 Å². The first kappa shape index (κ1) is 15.1. The number of hydrogen-bond donors (Lipinski definition) is 1. The van der Waals surface area contributed by atoms with Crippen LogP contribution in [-0.4, -0.2) is 24.0 Å². The number of nitrogens with two attached hydrogens (primary N) is 1. The molecule has 2 rings (SSSR count). The molecule has 0 saturated heterocycles. The molecule has 6 nitrogen and oxygen atoms in total. The average molecular weight is 289 g/mol. The molecule has 0 spiro atoms. The van der Waals surface area contributed by atoms with Crippen molar-refractivity contribution in [2.45, 2.75) is 19.5 Å². The van der Waals surface area contributed by atoms with Crippen molar-refractivity contribution in [2.75, 3.05) is 14.2 Å². The second-order valence-electron chi connectivity index (χ2n) is 4.72. The fraction of sp³-hybridized carbons (Fsp3) is 0.333. The Bertz CT molecular complexity index is 682. The lowest BCUT2D eigenvalue weighted by Gasteiger charge is -2.15. The summed E-state index contributed by atoms with van der Waals surface area (Å²) < 4.78 is 11.8. The SMILES string of the molecule is COc1ccc(C(N)Cn2nc(C)ccc2=O)cc1OC.